The van der Waals surface area contributed by atoms with Crippen molar-refractivity contribution in [2.75, 3.05) is 24.5 Å². The van der Waals surface area contributed by atoms with Crippen LogP contribution in [0.5, 0.6) is 0 Å². The van der Waals surface area contributed by atoms with Crippen molar-refractivity contribution < 1.29 is 5.11 Å². The molecule has 2 atom stereocenters. The Hall–Kier alpha value is -1.06. The Balaban J connectivity index is 2.37. The van der Waals surface area contributed by atoms with Gasteiger partial charge in [-0.25, -0.2) is 0 Å². The van der Waals surface area contributed by atoms with Crippen molar-refractivity contribution in [2.24, 2.45) is 0 Å². The van der Waals surface area contributed by atoms with Crippen molar-refractivity contribution in [1.29, 1.82) is 0 Å². The lowest BCUT2D eigenvalue weighted by Gasteiger charge is -2.34. The zero-order valence-corrected chi connectivity index (χ0v) is 11.8. The van der Waals surface area contributed by atoms with Crippen LogP contribution in [0, 0.1) is 13.8 Å². The number of nitrogens with zero attached hydrogens (tertiary/aromatic N) is 1. The van der Waals surface area contributed by atoms with Crippen LogP contribution in [-0.4, -0.2) is 36.4 Å². The number of aryl methyl sites for hydroxylation is 1. The first-order valence-corrected chi connectivity index (χ1v) is 6.67. The number of β-amino-alcohol motifs (C(OH)–C–C–N with tert-alkyl or cyclic N) is 1. The van der Waals surface area contributed by atoms with Crippen LogP contribution in [0.1, 0.15) is 25.0 Å². The van der Waals surface area contributed by atoms with E-state index in [0.717, 1.165) is 6.54 Å². The molecule has 1 aliphatic heterocycles. The van der Waals surface area contributed by atoms with Crippen LogP contribution in [0.2, 0.25) is 0 Å². The molecule has 0 spiro atoms. The van der Waals surface area contributed by atoms with Gasteiger partial charge >= 0.3 is 0 Å². The summed E-state index contributed by atoms with van der Waals surface area (Å²) in [5.74, 6) is 0. The van der Waals surface area contributed by atoms with Gasteiger partial charge in [0, 0.05) is 31.4 Å². The van der Waals surface area contributed by atoms with Crippen LogP contribution < -0.4 is 10.2 Å². The van der Waals surface area contributed by atoms with Gasteiger partial charge in [0.1, 0.15) is 0 Å². The van der Waals surface area contributed by atoms with Crippen molar-refractivity contribution in [3.8, 4) is 0 Å². The van der Waals surface area contributed by atoms with Crippen molar-refractivity contribution in [1.82, 2.24) is 5.32 Å². The second-order valence-electron chi connectivity index (χ2n) is 5.82. The predicted octanol–water partition coefficient (Wildman–Crippen LogP) is 1.85. The molecule has 1 aliphatic rings. The molecule has 0 radical (unpaired) electrons. The SMILES string of the molecule is Cc1cccc(N2CC(C)(O)CNCC2C)c1C. The average Bonchev–Trinajstić information content (AvgIpc) is 2.42. The molecule has 0 bridgehead atoms. The highest BCUT2D eigenvalue weighted by Gasteiger charge is 2.30. The summed E-state index contributed by atoms with van der Waals surface area (Å²) >= 11 is 0. The summed E-state index contributed by atoms with van der Waals surface area (Å²) in [6, 6.07) is 6.77. The highest BCUT2D eigenvalue weighted by Crippen LogP contribution is 2.27. The van der Waals surface area contributed by atoms with Crippen LogP contribution in [0.15, 0.2) is 18.2 Å². The Morgan fingerprint density at radius 1 is 1.39 bits per heavy atom. The number of rotatable bonds is 1. The van der Waals surface area contributed by atoms with E-state index in [2.05, 4.69) is 49.2 Å². The van der Waals surface area contributed by atoms with Gasteiger partial charge in [-0.1, -0.05) is 12.1 Å². The second kappa shape index (κ2) is 4.90. The summed E-state index contributed by atoms with van der Waals surface area (Å²) in [4.78, 5) is 2.32. The molecule has 0 saturated carbocycles. The summed E-state index contributed by atoms with van der Waals surface area (Å²) in [6.07, 6.45) is 0. The van der Waals surface area contributed by atoms with Crippen LogP contribution >= 0.6 is 0 Å². The summed E-state index contributed by atoms with van der Waals surface area (Å²) in [5.41, 5.74) is 3.17. The topological polar surface area (TPSA) is 35.5 Å². The molecular formula is C15H24N2O. The minimum atomic E-state index is -0.680. The van der Waals surface area contributed by atoms with Gasteiger partial charge in [0.05, 0.1) is 5.60 Å². The van der Waals surface area contributed by atoms with Gasteiger partial charge in [-0.2, -0.15) is 0 Å². The molecule has 2 N–H and O–H groups in total. The van der Waals surface area contributed by atoms with Crippen LogP contribution in [0.25, 0.3) is 0 Å². The number of aliphatic hydroxyl groups is 1. The number of hydrogen-bond donors (Lipinski definition) is 2. The third kappa shape index (κ3) is 2.68. The van der Waals surface area contributed by atoms with E-state index in [1.54, 1.807) is 0 Å². The lowest BCUT2D eigenvalue weighted by Crippen LogP contribution is -2.45. The number of hydrogen-bond acceptors (Lipinski definition) is 3. The molecule has 100 valence electrons. The fourth-order valence-corrected chi connectivity index (χ4v) is 2.61. The Kier molecular flexibility index (Phi) is 3.64. The lowest BCUT2D eigenvalue weighted by atomic mass is 10.0. The quantitative estimate of drug-likeness (QED) is 0.796. The van der Waals surface area contributed by atoms with Crippen molar-refractivity contribution in [3.63, 3.8) is 0 Å². The molecule has 1 aromatic rings. The number of benzene rings is 1. The van der Waals surface area contributed by atoms with Gasteiger partial charge in [0.25, 0.3) is 0 Å². The first-order chi connectivity index (χ1) is 8.41. The molecule has 0 amide bonds. The van der Waals surface area contributed by atoms with E-state index in [1.165, 1.54) is 16.8 Å². The van der Waals surface area contributed by atoms with E-state index >= 15 is 0 Å². The second-order valence-corrected chi connectivity index (χ2v) is 5.82. The highest BCUT2D eigenvalue weighted by molar-refractivity contribution is 5.57. The third-order valence-electron chi connectivity index (χ3n) is 3.87. The van der Waals surface area contributed by atoms with E-state index in [0.29, 0.717) is 19.1 Å². The average molecular weight is 248 g/mol. The molecule has 18 heavy (non-hydrogen) atoms. The minimum absolute atomic E-state index is 0.388. The van der Waals surface area contributed by atoms with Gasteiger partial charge in [0.15, 0.2) is 0 Å². The molecule has 2 unspecified atom stereocenters. The summed E-state index contributed by atoms with van der Waals surface area (Å²) in [6.45, 7) is 10.6. The van der Waals surface area contributed by atoms with Crippen molar-refractivity contribution >= 4 is 5.69 Å². The fourth-order valence-electron chi connectivity index (χ4n) is 2.61. The van der Waals surface area contributed by atoms with Gasteiger partial charge < -0.3 is 15.3 Å². The maximum Gasteiger partial charge on any atom is 0.0917 e. The van der Waals surface area contributed by atoms with Crippen LogP contribution in [0.4, 0.5) is 5.69 Å². The molecule has 0 aromatic heterocycles. The first kappa shape index (κ1) is 13.4. The molecule has 0 aliphatic carbocycles. The molecule has 3 heteroatoms. The van der Waals surface area contributed by atoms with Crippen LogP contribution in [-0.2, 0) is 0 Å². The molecule has 1 fully saturated rings. The minimum Gasteiger partial charge on any atom is -0.387 e. The number of nitrogens with one attached hydrogen (secondary N) is 1. The first-order valence-electron chi connectivity index (χ1n) is 6.67. The molecule has 1 saturated heterocycles. The summed E-state index contributed by atoms with van der Waals surface area (Å²) < 4.78 is 0. The maximum absolute atomic E-state index is 10.4. The Labute approximate surface area is 110 Å². The van der Waals surface area contributed by atoms with E-state index < -0.39 is 5.60 Å². The van der Waals surface area contributed by atoms with Gasteiger partial charge in [-0.05, 0) is 44.9 Å². The molecule has 1 heterocycles. The van der Waals surface area contributed by atoms with Gasteiger partial charge in [-0.3, -0.25) is 0 Å². The lowest BCUT2D eigenvalue weighted by molar-refractivity contribution is 0.0726. The molecule has 2 rings (SSSR count). The predicted molar refractivity (Wildman–Crippen MR) is 76.2 cm³/mol. The van der Waals surface area contributed by atoms with Crippen molar-refractivity contribution in [2.45, 2.75) is 39.3 Å². The Bertz CT molecular complexity index is 429. The number of anilines is 1. The standard InChI is InChI=1S/C15H24N2O/c1-11-6-5-7-14(13(11)3)17-10-15(4,18)9-16-8-12(17)2/h5-7,12,16,18H,8-10H2,1-4H3. The van der Waals surface area contributed by atoms with Crippen molar-refractivity contribution in [3.05, 3.63) is 29.3 Å². The van der Waals surface area contributed by atoms with E-state index in [1.807, 2.05) is 6.92 Å². The zero-order chi connectivity index (χ0) is 13.3. The Morgan fingerprint density at radius 2 is 2.11 bits per heavy atom. The molecule has 1 aromatic carbocycles. The highest BCUT2D eigenvalue weighted by atomic mass is 16.3. The maximum atomic E-state index is 10.4. The van der Waals surface area contributed by atoms with E-state index in [4.69, 9.17) is 0 Å². The van der Waals surface area contributed by atoms with Gasteiger partial charge in [-0.15, -0.1) is 0 Å². The normalized spacial score (nSPS) is 29.2. The summed E-state index contributed by atoms with van der Waals surface area (Å²) in [5, 5.41) is 13.7. The largest absolute Gasteiger partial charge is 0.387 e. The monoisotopic (exact) mass is 248 g/mol. The van der Waals surface area contributed by atoms with Gasteiger partial charge in [0.2, 0.25) is 0 Å². The zero-order valence-electron chi connectivity index (χ0n) is 11.8. The fraction of sp³-hybridized carbons (Fsp3) is 0.600. The summed E-state index contributed by atoms with van der Waals surface area (Å²) in [7, 11) is 0. The Morgan fingerprint density at radius 3 is 2.83 bits per heavy atom. The smallest absolute Gasteiger partial charge is 0.0917 e. The molecule has 3 nitrogen and oxygen atoms in total. The molecular weight excluding hydrogens is 224 g/mol. The van der Waals surface area contributed by atoms with Crippen LogP contribution in [0.3, 0.4) is 0 Å². The van der Waals surface area contributed by atoms with E-state index in [9.17, 15) is 5.11 Å². The van der Waals surface area contributed by atoms with E-state index in [-0.39, 0.29) is 0 Å². The third-order valence-corrected chi connectivity index (χ3v) is 3.87.